The highest BCUT2D eigenvalue weighted by Crippen LogP contribution is 2.44. The number of aromatic nitrogens is 1. The molecular weight excluding hydrogens is 446 g/mol. The Morgan fingerprint density at radius 3 is 2.33 bits per heavy atom. The minimum atomic E-state index is -0.957. The van der Waals surface area contributed by atoms with Gasteiger partial charge in [0.25, 0.3) is 5.78 Å². The Hall–Kier alpha value is -3.91. The van der Waals surface area contributed by atoms with Crippen LogP contribution in [0.4, 0.5) is 13.9 Å². The Kier molecular flexibility index (Phi) is 5.02. The van der Waals surface area contributed by atoms with Crippen LogP contribution < -0.4 is 4.90 Å². The number of anilines is 1. The maximum atomic E-state index is 13.7. The van der Waals surface area contributed by atoms with Gasteiger partial charge in [-0.15, -0.1) is 0 Å². The predicted octanol–water partition coefficient (Wildman–Crippen LogP) is 5.51. The molecule has 164 valence electrons. The van der Waals surface area contributed by atoms with Crippen LogP contribution in [0.1, 0.15) is 22.7 Å². The number of aryl methyl sites for hydroxylation is 1. The van der Waals surface area contributed by atoms with Crippen molar-refractivity contribution in [1.29, 1.82) is 0 Å². The molecule has 1 fully saturated rings. The van der Waals surface area contributed by atoms with Crippen LogP contribution in [0.15, 0.2) is 72.3 Å². The van der Waals surface area contributed by atoms with Crippen LogP contribution in [0, 0.1) is 18.6 Å². The topological polar surface area (TPSA) is 70.5 Å². The van der Waals surface area contributed by atoms with Crippen molar-refractivity contribution in [3.05, 3.63) is 101 Å². The van der Waals surface area contributed by atoms with E-state index in [-0.39, 0.29) is 16.3 Å². The van der Waals surface area contributed by atoms with Gasteiger partial charge in [-0.2, -0.15) is 0 Å². The average Bonchev–Trinajstić information content (AvgIpc) is 3.32. The van der Waals surface area contributed by atoms with Gasteiger partial charge in [0.2, 0.25) is 0 Å². The largest absolute Gasteiger partial charge is 0.507 e. The molecule has 0 aliphatic carbocycles. The van der Waals surface area contributed by atoms with Gasteiger partial charge in [-0.3, -0.25) is 14.5 Å². The Labute approximate surface area is 191 Å². The fraction of sp³-hybridized carbons (Fsp3) is 0.0800. The summed E-state index contributed by atoms with van der Waals surface area (Å²) in [7, 11) is 0. The third kappa shape index (κ3) is 3.58. The van der Waals surface area contributed by atoms with E-state index in [0.717, 1.165) is 29.0 Å². The first-order chi connectivity index (χ1) is 15.8. The first-order valence-electron chi connectivity index (χ1n) is 10.0. The van der Waals surface area contributed by atoms with Crippen LogP contribution in [-0.2, 0) is 9.59 Å². The minimum absolute atomic E-state index is 0.124. The van der Waals surface area contributed by atoms with E-state index in [9.17, 15) is 23.5 Å². The van der Waals surface area contributed by atoms with Crippen molar-refractivity contribution >= 4 is 44.1 Å². The fourth-order valence-corrected chi connectivity index (χ4v) is 4.86. The molecule has 1 atom stereocenters. The van der Waals surface area contributed by atoms with Gasteiger partial charge in [0.1, 0.15) is 17.4 Å². The number of Topliss-reactive ketones (excluding diaryl/α,β-unsaturated/α-hetero) is 1. The molecule has 33 heavy (non-hydrogen) atoms. The molecule has 0 unspecified atom stereocenters. The molecule has 1 N–H and O–H groups in total. The Balaban J connectivity index is 1.73. The quantitative estimate of drug-likeness (QED) is 0.248. The smallest absolute Gasteiger partial charge is 0.301 e. The summed E-state index contributed by atoms with van der Waals surface area (Å²) < 4.78 is 27.6. The van der Waals surface area contributed by atoms with E-state index in [1.54, 1.807) is 12.1 Å². The molecule has 0 spiro atoms. The Bertz CT molecular complexity index is 1440. The van der Waals surface area contributed by atoms with Gasteiger partial charge in [0, 0.05) is 5.56 Å². The van der Waals surface area contributed by atoms with Gasteiger partial charge in [-0.05, 0) is 55.0 Å². The maximum Gasteiger partial charge on any atom is 0.301 e. The molecule has 5 nitrogen and oxygen atoms in total. The van der Waals surface area contributed by atoms with E-state index in [1.165, 1.54) is 35.2 Å². The van der Waals surface area contributed by atoms with Crippen molar-refractivity contribution in [2.45, 2.75) is 13.0 Å². The molecule has 1 saturated heterocycles. The lowest BCUT2D eigenvalue weighted by atomic mass is 9.95. The van der Waals surface area contributed by atoms with Crippen molar-refractivity contribution in [1.82, 2.24) is 4.98 Å². The molecule has 3 aromatic carbocycles. The number of hydrogen-bond acceptors (Lipinski definition) is 5. The Morgan fingerprint density at radius 2 is 1.64 bits per heavy atom. The number of thiazole rings is 1. The number of benzene rings is 3. The summed E-state index contributed by atoms with van der Waals surface area (Å²) in [6, 6.07) is 15.3. The van der Waals surface area contributed by atoms with Crippen LogP contribution in [0.2, 0.25) is 0 Å². The van der Waals surface area contributed by atoms with Crippen molar-refractivity contribution < 1.29 is 23.5 Å². The lowest BCUT2D eigenvalue weighted by molar-refractivity contribution is -0.132. The molecule has 0 bridgehead atoms. The third-order valence-electron chi connectivity index (χ3n) is 5.50. The zero-order valence-corrected chi connectivity index (χ0v) is 18.1. The van der Waals surface area contributed by atoms with Crippen LogP contribution in [0.5, 0.6) is 0 Å². The van der Waals surface area contributed by atoms with Crippen LogP contribution >= 0.6 is 11.3 Å². The summed E-state index contributed by atoms with van der Waals surface area (Å²) in [5, 5.41) is 11.2. The van der Waals surface area contributed by atoms with Gasteiger partial charge in [-0.25, -0.2) is 13.8 Å². The second-order valence-corrected chi connectivity index (χ2v) is 8.70. The van der Waals surface area contributed by atoms with E-state index >= 15 is 0 Å². The molecular formula is C25H16F2N2O3S. The molecule has 1 aliphatic heterocycles. The van der Waals surface area contributed by atoms with E-state index in [1.807, 2.05) is 19.1 Å². The van der Waals surface area contributed by atoms with Gasteiger partial charge < -0.3 is 5.11 Å². The number of fused-ring (bicyclic) bond motifs is 1. The standard InChI is InChI=1S/C25H16F2N2O3S/c1-13-2-4-14(5-3-13)21-20(22(30)15-6-8-16(26)9-7-15)23(31)24(32)29(21)25-28-18-11-10-17(27)12-19(18)33-25/h2-12,21,30H,1H3/b22-20+/t21-/m0/s1. The molecule has 2 heterocycles. The number of halogens is 2. The molecule has 0 radical (unpaired) electrons. The summed E-state index contributed by atoms with van der Waals surface area (Å²) in [5.74, 6) is -3.08. The van der Waals surface area contributed by atoms with E-state index in [4.69, 9.17) is 0 Å². The lowest BCUT2D eigenvalue weighted by Gasteiger charge is -2.23. The maximum absolute atomic E-state index is 13.7. The van der Waals surface area contributed by atoms with Crippen molar-refractivity contribution in [3.8, 4) is 0 Å². The summed E-state index contributed by atoms with van der Waals surface area (Å²) in [6.07, 6.45) is 0. The highest BCUT2D eigenvalue weighted by Gasteiger charge is 2.48. The number of aliphatic hydroxyl groups excluding tert-OH is 1. The van der Waals surface area contributed by atoms with Crippen LogP contribution in [0.3, 0.4) is 0 Å². The summed E-state index contributed by atoms with van der Waals surface area (Å²) >= 11 is 1.08. The highest BCUT2D eigenvalue weighted by molar-refractivity contribution is 7.22. The van der Waals surface area contributed by atoms with Crippen molar-refractivity contribution in [2.75, 3.05) is 4.90 Å². The fourth-order valence-electron chi connectivity index (χ4n) is 3.85. The van der Waals surface area contributed by atoms with Gasteiger partial charge in [-0.1, -0.05) is 41.2 Å². The number of rotatable bonds is 3. The zero-order chi connectivity index (χ0) is 23.3. The average molecular weight is 462 g/mol. The van der Waals surface area contributed by atoms with Crippen LogP contribution in [0.25, 0.3) is 16.0 Å². The van der Waals surface area contributed by atoms with Gasteiger partial charge in [0.05, 0.1) is 21.8 Å². The number of ketones is 1. The molecule has 1 aromatic heterocycles. The minimum Gasteiger partial charge on any atom is -0.507 e. The van der Waals surface area contributed by atoms with Gasteiger partial charge in [0.15, 0.2) is 5.13 Å². The Morgan fingerprint density at radius 1 is 0.970 bits per heavy atom. The highest BCUT2D eigenvalue weighted by atomic mass is 32.1. The van der Waals surface area contributed by atoms with E-state index in [2.05, 4.69) is 4.98 Å². The van der Waals surface area contributed by atoms with Crippen molar-refractivity contribution in [2.24, 2.45) is 0 Å². The molecule has 4 aromatic rings. The monoisotopic (exact) mass is 462 g/mol. The number of carbonyl (C=O) groups is 2. The first kappa shape index (κ1) is 21.0. The molecule has 0 saturated carbocycles. The molecule has 5 rings (SSSR count). The number of carbonyl (C=O) groups excluding carboxylic acids is 2. The predicted molar refractivity (Wildman–Crippen MR) is 122 cm³/mol. The number of amides is 1. The number of hydrogen-bond donors (Lipinski definition) is 1. The van der Waals surface area contributed by atoms with Gasteiger partial charge >= 0.3 is 5.91 Å². The van der Waals surface area contributed by atoms with E-state index in [0.29, 0.717) is 15.8 Å². The third-order valence-corrected chi connectivity index (χ3v) is 6.52. The number of aliphatic hydroxyl groups is 1. The SMILES string of the molecule is Cc1ccc([C@H]2/C(=C(\O)c3ccc(F)cc3)C(=O)C(=O)N2c2nc3ccc(F)cc3s2)cc1. The molecule has 1 aliphatic rings. The molecule has 1 amide bonds. The molecule has 8 heteroatoms. The second-order valence-electron chi connectivity index (χ2n) is 7.70. The number of nitrogens with zero attached hydrogens (tertiary/aromatic N) is 2. The normalized spacial score (nSPS) is 17.8. The zero-order valence-electron chi connectivity index (χ0n) is 17.3. The first-order valence-corrected chi connectivity index (χ1v) is 10.8. The summed E-state index contributed by atoms with van der Waals surface area (Å²) in [4.78, 5) is 32.0. The second kappa shape index (κ2) is 7.90. The van der Waals surface area contributed by atoms with E-state index < -0.39 is 35.1 Å². The summed E-state index contributed by atoms with van der Waals surface area (Å²) in [5.41, 5.74) is 2.14. The van der Waals surface area contributed by atoms with Crippen LogP contribution in [-0.4, -0.2) is 21.8 Å². The van der Waals surface area contributed by atoms with Crippen molar-refractivity contribution in [3.63, 3.8) is 0 Å². The lowest BCUT2D eigenvalue weighted by Crippen LogP contribution is -2.29. The summed E-state index contributed by atoms with van der Waals surface area (Å²) in [6.45, 7) is 1.90.